The Bertz CT molecular complexity index is 789. The summed E-state index contributed by atoms with van der Waals surface area (Å²) < 4.78 is 0. The SMILES string of the molecule is CCCCCC(NCCc1ccccc1)N(CCC)C1CCc2c(ccc(O)c2C)C1. The summed E-state index contributed by atoms with van der Waals surface area (Å²) in [7, 11) is 0. The highest BCUT2D eigenvalue weighted by Crippen LogP contribution is 2.32. The van der Waals surface area contributed by atoms with Crippen LogP contribution in [-0.2, 0) is 19.3 Å². The second-order valence-corrected chi connectivity index (χ2v) is 9.18. The molecule has 0 saturated heterocycles. The van der Waals surface area contributed by atoms with Crippen LogP contribution in [0.25, 0.3) is 0 Å². The number of unbranched alkanes of at least 4 members (excludes halogenated alkanes) is 2. The van der Waals surface area contributed by atoms with Crippen molar-refractivity contribution in [1.29, 1.82) is 0 Å². The Morgan fingerprint density at radius 1 is 1.06 bits per heavy atom. The van der Waals surface area contributed by atoms with E-state index >= 15 is 0 Å². The molecular formula is C28H42N2O. The highest BCUT2D eigenvalue weighted by Gasteiger charge is 2.29. The quantitative estimate of drug-likeness (QED) is 0.325. The van der Waals surface area contributed by atoms with Gasteiger partial charge in [0.25, 0.3) is 0 Å². The van der Waals surface area contributed by atoms with E-state index in [4.69, 9.17) is 0 Å². The lowest BCUT2D eigenvalue weighted by Gasteiger charge is -2.41. The van der Waals surface area contributed by atoms with Gasteiger partial charge in [-0.15, -0.1) is 0 Å². The Balaban J connectivity index is 1.70. The molecule has 31 heavy (non-hydrogen) atoms. The van der Waals surface area contributed by atoms with E-state index in [1.54, 1.807) is 0 Å². The van der Waals surface area contributed by atoms with Crippen molar-refractivity contribution >= 4 is 0 Å². The van der Waals surface area contributed by atoms with E-state index in [-0.39, 0.29) is 0 Å². The van der Waals surface area contributed by atoms with Crippen LogP contribution in [0.4, 0.5) is 0 Å². The molecule has 0 aliphatic heterocycles. The first-order valence-corrected chi connectivity index (χ1v) is 12.5. The second-order valence-electron chi connectivity index (χ2n) is 9.18. The van der Waals surface area contributed by atoms with E-state index in [0.29, 0.717) is 18.0 Å². The van der Waals surface area contributed by atoms with Gasteiger partial charge in [0.15, 0.2) is 0 Å². The summed E-state index contributed by atoms with van der Waals surface area (Å²) in [5.41, 5.74) is 5.31. The number of hydrogen-bond acceptors (Lipinski definition) is 3. The van der Waals surface area contributed by atoms with Gasteiger partial charge in [0.05, 0.1) is 6.17 Å². The molecule has 2 atom stereocenters. The molecule has 2 unspecified atom stereocenters. The van der Waals surface area contributed by atoms with Gasteiger partial charge in [-0.25, -0.2) is 0 Å². The number of hydrogen-bond donors (Lipinski definition) is 2. The number of rotatable bonds is 12. The van der Waals surface area contributed by atoms with E-state index in [0.717, 1.165) is 37.9 Å². The standard InChI is InChI=1S/C28H42N2O/c1-4-6-8-13-28(29-19-18-23-11-9-7-10-12-23)30(20-5-2)25-15-16-26-22(3)27(31)17-14-24(26)21-25/h7,9-12,14,17,25,28-29,31H,4-6,8,13,15-16,18-21H2,1-3H3. The molecule has 0 heterocycles. The summed E-state index contributed by atoms with van der Waals surface area (Å²) >= 11 is 0. The number of benzene rings is 2. The highest BCUT2D eigenvalue weighted by atomic mass is 16.3. The molecule has 0 radical (unpaired) electrons. The van der Waals surface area contributed by atoms with Gasteiger partial charge in [-0.1, -0.05) is 69.5 Å². The van der Waals surface area contributed by atoms with Crippen LogP contribution in [-0.4, -0.2) is 35.3 Å². The van der Waals surface area contributed by atoms with E-state index < -0.39 is 0 Å². The summed E-state index contributed by atoms with van der Waals surface area (Å²) in [4.78, 5) is 2.77. The van der Waals surface area contributed by atoms with Gasteiger partial charge in [0.2, 0.25) is 0 Å². The lowest BCUT2D eigenvalue weighted by Crippen LogP contribution is -2.53. The molecule has 0 saturated carbocycles. The zero-order valence-electron chi connectivity index (χ0n) is 19.9. The topological polar surface area (TPSA) is 35.5 Å². The maximum absolute atomic E-state index is 10.1. The number of aromatic hydroxyl groups is 1. The normalized spacial score (nSPS) is 17.0. The Labute approximate surface area is 189 Å². The second kappa shape index (κ2) is 12.3. The molecule has 170 valence electrons. The molecular weight excluding hydrogens is 380 g/mol. The molecule has 0 aromatic heterocycles. The average molecular weight is 423 g/mol. The summed E-state index contributed by atoms with van der Waals surface area (Å²) in [6.07, 6.45) is 11.2. The fraction of sp³-hybridized carbons (Fsp3) is 0.571. The number of nitrogens with one attached hydrogen (secondary N) is 1. The maximum Gasteiger partial charge on any atom is 0.118 e. The summed E-state index contributed by atoms with van der Waals surface area (Å²) in [5.74, 6) is 0.447. The third-order valence-electron chi connectivity index (χ3n) is 6.92. The summed E-state index contributed by atoms with van der Waals surface area (Å²) in [6.45, 7) is 8.83. The monoisotopic (exact) mass is 422 g/mol. The molecule has 2 aromatic rings. The predicted molar refractivity (Wildman–Crippen MR) is 132 cm³/mol. The Kier molecular flexibility index (Phi) is 9.42. The van der Waals surface area contributed by atoms with Gasteiger partial charge in [-0.2, -0.15) is 0 Å². The minimum atomic E-state index is 0.444. The Hall–Kier alpha value is -1.84. The third kappa shape index (κ3) is 6.57. The smallest absolute Gasteiger partial charge is 0.118 e. The van der Waals surface area contributed by atoms with Crippen LogP contribution in [0, 0.1) is 6.92 Å². The molecule has 0 spiro atoms. The van der Waals surface area contributed by atoms with Crippen molar-refractivity contribution in [2.75, 3.05) is 13.1 Å². The van der Waals surface area contributed by atoms with Crippen LogP contribution in [0.3, 0.4) is 0 Å². The average Bonchev–Trinajstić information content (AvgIpc) is 2.80. The van der Waals surface area contributed by atoms with Crippen molar-refractivity contribution in [1.82, 2.24) is 10.2 Å². The Morgan fingerprint density at radius 3 is 2.61 bits per heavy atom. The van der Waals surface area contributed by atoms with Crippen LogP contribution in [0.15, 0.2) is 42.5 Å². The van der Waals surface area contributed by atoms with Crippen molar-refractivity contribution in [3.63, 3.8) is 0 Å². The van der Waals surface area contributed by atoms with Gasteiger partial charge in [0.1, 0.15) is 5.75 Å². The molecule has 3 rings (SSSR count). The number of fused-ring (bicyclic) bond motifs is 1. The van der Waals surface area contributed by atoms with Crippen molar-refractivity contribution in [3.8, 4) is 5.75 Å². The molecule has 3 heteroatoms. The Morgan fingerprint density at radius 2 is 1.87 bits per heavy atom. The number of nitrogens with zero attached hydrogens (tertiary/aromatic N) is 1. The third-order valence-corrected chi connectivity index (χ3v) is 6.92. The van der Waals surface area contributed by atoms with Gasteiger partial charge >= 0.3 is 0 Å². The van der Waals surface area contributed by atoms with Crippen LogP contribution < -0.4 is 5.32 Å². The van der Waals surface area contributed by atoms with Crippen molar-refractivity contribution in [2.24, 2.45) is 0 Å². The van der Waals surface area contributed by atoms with E-state index in [2.05, 4.69) is 67.4 Å². The van der Waals surface area contributed by atoms with Gasteiger partial charge in [0, 0.05) is 12.6 Å². The molecule has 0 fully saturated rings. The summed E-state index contributed by atoms with van der Waals surface area (Å²) in [5, 5.41) is 14.1. The van der Waals surface area contributed by atoms with Crippen molar-refractivity contribution < 1.29 is 5.11 Å². The first-order valence-electron chi connectivity index (χ1n) is 12.5. The predicted octanol–water partition coefficient (Wildman–Crippen LogP) is 6.01. The number of phenolic OH excluding ortho intramolecular Hbond substituents is 1. The molecule has 2 N–H and O–H groups in total. The van der Waals surface area contributed by atoms with Crippen LogP contribution in [0.5, 0.6) is 5.75 Å². The molecule has 1 aliphatic rings. The maximum atomic E-state index is 10.1. The molecule has 2 aromatic carbocycles. The minimum Gasteiger partial charge on any atom is -0.508 e. The molecule has 3 nitrogen and oxygen atoms in total. The van der Waals surface area contributed by atoms with E-state index in [1.807, 2.05) is 6.07 Å². The molecule has 0 amide bonds. The van der Waals surface area contributed by atoms with Crippen LogP contribution in [0.1, 0.15) is 74.6 Å². The first kappa shape index (κ1) is 23.8. The highest BCUT2D eigenvalue weighted by molar-refractivity contribution is 5.45. The lowest BCUT2D eigenvalue weighted by atomic mass is 9.84. The zero-order chi connectivity index (χ0) is 22.1. The van der Waals surface area contributed by atoms with Gasteiger partial charge in [-0.05, 0) is 80.3 Å². The zero-order valence-corrected chi connectivity index (χ0v) is 19.9. The van der Waals surface area contributed by atoms with Crippen LogP contribution >= 0.6 is 0 Å². The summed E-state index contributed by atoms with van der Waals surface area (Å²) in [6, 6.07) is 15.4. The van der Waals surface area contributed by atoms with Crippen molar-refractivity contribution in [2.45, 2.75) is 90.8 Å². The van der Waals surface area contributed by atoms with Gasteiger partial charge < -0.3 is 10.4 Å². The lowest BCUT2D eigenvalue weighted by molar-refractivity contribution is 0.0906. The largest absolute Gasteiger partial charge is 0.508 e. The molecule has 1 aliphatic carbocycles. The first-order chi connectivity index (χ1) is 15.1. The molecule has 0 bridgehead atoms. The van der Waals surface area contributed by atoms with Crippen LogP contribution in [0.2, 0.25) is 0 Å². The fourth-order valence-electron chi connectivity index (χ4n) is 5.14. The fourth-order valence-corrected chi connectivity index (χ4v) is 5.14. The minimum absolute atomic E-state index is 0.444. The van der Waals surface area contributed by atoms with E-state index in [9.17, 15) is 5.11 Å². The van der Waals surface area contributed by atoms with Gasteiger partial charge in [-0.3, -0.25) is 4.90 Å². The van der Waals surface area contributed by atoms with E-state index in [1.165, 1.54) is 55.2 Å². The number of phenols is 1. The van der Waals surface area contributed by atoms with Crippen molar-refractivity contribution in [3.05, 3.63) is 64.7 Å².